The molecule has 1 unspecified atom stereocenters. The molecule has 0 heterocycles. The Morgan fingerprint density at radius 1 is 1.33 bits per heavy atom. The van der Waals surface area contributed by atoms with Crippen molar-refractivity contribution in [3.8, 4) is 0 Å². The van der Waals surface area contributed by atoms with Crippen molar-refractivity contribution in [1.82, 2.24) is 0 Å². The van der Waals surface area contributed by atoms with E-state index in [1.165, 1.54) is 18.6 Å². The number of thioether (sulfide) groups is 1. The van der Waals surface area contributed by atoms with E-state index in [1.807, 2.05) is 0 Å². The minimum absolute atomic E-state index is 0.388. The maximum Gasteiger partial charge on any atom is 0.00187 e. The SMILES string of the molecule is CCCC(C)SC[CH]C(C)(C)C. The summed E-state index contributed by atoms with van der Waals surface area (Å²) in [6.07, 6.45) is 5.07. The minimum Gasteiger partial charge on any atom is -0.159 e. The van der Waals surface area contributed by atoms with Gasteiger partial charge in [0.25, 0.3) is 0 Å². The average molecular weight is 187 g/mol. The first-order valence-corrected chi connectivity index (χ1v) is 5.96. The second-order valence-electron chi connectivity index (χ2n) is 4.50. The highest BCUT2D eigenvalue weighted by Crippen LogP contribution is 2.23. The molecule has 0 amide bonds. The molecule has 0 fully saturated rings. The van der Waals surface area contributed by atoms with Gasteiger partial charge in [-0.3, -0.25) is 0 Å². The first kappa shape index (κ1) is 12.3. The van der Waals surface area contributed by atoms with E-state index in [4.69, 9.17) is 0 Å². The Balaban J connectivity index is 3.31. The molecule has 0 N–H and O–H groups in total. The molecule has 0 aliphatic rings. The molecule has 1 radical (unpaired) electrons. The van der Waals surface area contributed by atoms with Gasteiger partial charge in [0.05, 0.1) is 0 Å². The van der Waals surface area contributed by atoms with Crippen LogP contribution in [0.4, 0.5) is 0 Å². The fraction of sp³-hybridized carbons (Fsp3) is 0.909. The van der Waals surface area contributed by atoms with Crippen molar-refractivity contribution in [3.63, 3.8) is 0 Å². The fourth-order valence-electron chi connectivity index (χ4n) is 0.952. The van der Waals surface area contributed by atoms with Gasteiger partial charge < -0.3 is 0 Å². The van der Waals surface area contributed by atoms with Crippen LogP contribution >= 0.6 is 11.8 Å². The van der Waals surface area contributed by atoms with Crippen LogP contribution in [0.15, 0.2) is 0 Å². The summed E-state index contributed by atoms with van der Waals surface area (Å²) in [5.41, 5.74) is 0.388. The van der Waals surface area contributed by atoms with E-state index in [0.29, 0.717) is 5.41 Å². The molecule has 0 aliphatic heterocycles. The summed E-state index contributed by atoms with van der Waals surface area (Å²) in [6, 6.07) is 0. The van der Waals surface area contributed by atoms with E-state index in [-0.39, 0.29) is 0 Å². The third kappa shape index (κ3) is 8.45. The van der Waals surface area contributed by atoms with Gasteiger partial charge in [-0.05, 0) is 24.0 Å². The number of hydrogen-bond acceptors (Lipinski definition) is 1. The Bertz CT molecular complexity index is 102. The van der Waals surface area contributed by atoms with Gasteiger partial charge >= 0.3 is 0 Å². The summed E-state index contributed by atoms with van der Waals surface area (Å²) >= 11 is 2.07. The maximum atomic E-state index is 2.41. The van der Waals surface area contributed by atoms with E-state index < -0.39 is 0 Å². The molecular formula is C11H23S. The Hall–Kier alpha value is 0.350. The monoisotopic (exact) mass is 187 g/mol. The second-order valence-corrected chi connectivity index (χ2v) is 5.97. The summed E-state index contributed by atoms with van der Waals surface area (Å²) in [4.78, 5) is 0. The fourth-order valence-corrected chi connectivity index (χ4v) is 2.28. The average Bonchev–Trinajstić information content (AvgIpc) is 1.84. The Kier molecular flexibility index (Phi) is 6.08. The quantitative estimate of drug-likeness (QED) is 0.623. The van der Waals surface area contributed by atoms with Crippen molar-refractivity contribution >= 4 is 11.8 Å². The maximum absolute atomic E-state index is 2.41. The van der Waals surface area contributed by atoms with Gasteiger partial charge in [0.1, 0.15) is 0 Å². The third-order valence-corrected chi connectivity index (χ3v) is 2.94. The van der Waals surface area contributed by atoms with E-state index in [0.717, 1.165) is 5.25 Å². The highest BCUT2D eigenvalue weighted by atomic mass is 32.2. The van der Waals surface area contributed by atoms with Gasteiger partial charge in [-0.15, -0.1) is 0 Å². The lowest BCUT2D eigenvalue weighted by Crippen LogP contribution is -2.08. The summed E-state index contributed by atoms with van der Waals surface area (Å²) < 4.78 is 0. The largest absolute Gasteiger partial charge is 0.159 e. The van der Waals surface area contributed by atoms with Crippen LogP contribution in [0, 0.1) is 11.8 Å². The molecule has 0 nitrogen and oxygen atoms in total. The summed E-state index contributed by atoms with van der Waals surface area (Å²) in [5.74, 6) is 1.20. The van der Waals surface area contributed by atoms with Gasteiger partial charge in [-0.2, -0.15) is 11.8 Å². The lowest BCUT2D eigenvalue weighted by molar-refractivity contribution is 0.498. The Labute approximate surface area is 82.5 Å². The van der Waals surface area contributed by atoms with Crippen molar-refractivity contribution in [3.05, 3.63) is 6.42 Å². The number of hydrogen-bond donors (Lipinski definition) is 0. The zero-order chi connectivity index (χ0) is 9.61. The van der Waals surface area contributed by atoms with Crippen molar-refractivity contribution in [2.75, 3.05) is 5.75 Å². The van der Waals surface area contributed by atoms with Gasteiger partial charge in [-0.25, -0.2) is 0 Å². The summed E-state index contributed by atoms with van der Waals surface area (Å²) in [7, 11) is 0. The standard InChI is InChI=1S/C11H23S/c1-6-7-10(2)12-9-8-11(3,4)5/h8,10H,6-7,9H2,1-5H3. The first-order valence-electron chi connectivity index (χ1n) is 4.91. The number of rotatable bonds is 5. The molecule has 0 aliphatic carbocycles. The van der Waals surface area contributed by atoms with Crippen LogP contribution in [0.2, 0.25) is 0 Å². The van der Waals surface area contributed by atoms with Crippen molar-refractivity contribution in [2.45, 2.75) is 52.7 Å². The molecule has 1 heteroatoms. The second kappa shape index (κ2) is 5.90. The lowest BCUT2D eigenvalue weighted by atomic mass is 9.94. The van der Waals surface area contributed by atoms with Crippen LogP contribution in [-0.4, -0.2) is 11.0 Å². The topological polar surface area (TPSA) is 0 Å². The molecule has 0 saturated carbocycles. The summed E-state index contributed by atoms with van der Waals surface area (Å²) in [6.45, 7) is 11.4. The zero-order valence-electron chi connectivity index (χ0n) is 9.18. The Morgan fingerprint density at radius 3 is 2.33 bits per heavy atom. The van der Waals surface area contributed by atoms with Gasteiger partial charge in [0.2, 0.25) is 0 Å². The molecule has 0 rings (SSSR count). The molecule has 0 saturated heterocycles. The molecule has 12 heavy (non-hydrogen) atoms. The normalized spacial score (nSPS) is 14.8. The van der Waals surface area contributed by atoms with Crippen LogP contribution in [-0.2, 0) is 0 Å². The molecule has 73 valence electrons. The molecular weight excluding hydrogens is 164 g/mol. The van der Waals surface area contributed by atoms with Crippen LogP contribution < -0.4 is 0 Å². The highest BCUT2D eigenvalue weighted by Gasteiger charge is 2.10. The van der Waals surface area contributed by atoms with E-state index in [9.17, 15) is 0 Å². The third-order valence-electron chi connectivity index (χ3n) is 1.77. The Morgan fingerprint density at radius 2 is 1.92 bits per heavy atom. The molecule has 1 atom stereocenters. The predicted molar refractivity (Wildman–Crippen MR) is 60.6 cm³/mol. The van der Waals surface area contributed by atoms with E-state index in [2.05, 4.69) is 52.8 Å². The summed E-state index contributed by atoms with van der Waals surface area (Å²) in [5, 5.41) is 0.827. The van der Waals surface area contributed by atoms with Gasteiger partial charge in [0, 0.05) is 5.25 Å². The zero-order valence-corrected chi connectivity index (χ0v) is 10.0. The highest BCUT2D eigenvalue weighted by molar-refractivity contribution is 7.99. The van der Waals surface area contributed by atoms with E-state index in [1.54, 1.807) is 0 Å². The minimum atomic E-state index is 0.388. The lowest BCUT2D eigenvalue weighted by Gasteiger charge is -2.18. The molecule has 0 bridgehead atoms. The van der Waals surface area contributed by atoms with Crippen LogP contribution in [0.5, 0.6) is 0 Å². The smallest absolute Gasteiger partial charge is 0.00187 e. The first-order chi connectivity index (χ1) is 5.45. The van der Waals surface area contributed by atoms with Gasteiger partial charge in [-0.1, -0.05) is 41.0 Å². The van der Waals surface area contributed by atoms with Crippen molar-refractivity contribution in [2.24, 2.45) is 5.41 Å². The van der Waals surface area contributed by atoms with Crippen LogP contribution in [0.1, 0.15) is 47.5 Å². The molecule has 0 aromatic carbocycles. The van der Waals surface area contributed by atoms with E-state index >= 15 is 0 Å². The van der Waals surface area contributed by atoms with Crippen LogP contribution in [0.25, 0.3) is 0 Å². The molecule has 0 aromatic rings. The van der Waals surface area contributed by atoms with Crippen molar-refractivity contribution in [1.29, 1.82) is 0 Å². The molecule has 0 aromatic heterocycles. The van der Waals surface area contributed by atoms with Crippen LogP contribution in [0.3, 0.4) is 0 Å². The van der Waals surface area contributed by atoms with Gasteiger partial charge in [0.15, 0.2) is 0 Å². The molecule has 0 spiro atoms. The predicted octanol–water partition coefficient (Wildman–Crippen LogP) is 4.16. The van der Waals surface area contributed by atoms with Crippen molar-refractivity contribution < 1.29 is 0 Å².